The van der Waals surface area contributed by atoms with Crippen molar-refractivity contribution in [2.24, 2.45) is 0 Å². The number of nitrogens with zero attached hydrogens (tertiary/aromatic N) is 4. The average molecular weight is 506 g/mol. The Kier molecular flexibility index (Phi) is 7.06. The van der Waals surface area contributed by atoms with Crippen LogP contribution in [0.2, 0.25) is 5.02 Å². The fourth-order valence-corrected chi connectivity index (χ4v) is 3.74. The van der Waals surface area contributed by atoms with Gasteiger partial charge in [-0.2, -0.15) is 13.2 Å². The van der Waals surface area contributed by atoms with Crippen LogP contribution in [0.5, 0.6) is 5.88 Å². The largest absolute Gasteiger partial charge is 0.418 e. The van der Waals surface area contributed by atoms with E-state index < -0.39 is 23.7 Å². The van der Waals surface area contributed by atoms with Crippen molar-refractivity contribution in [3.05, 3.63) is 76.8 Å². The maximum Gasteiger partial charge on any atom is 0.418 e. The van der Waals surface area contributed by atoms with Crippen molar-refractivity contribution in [2.45, 2.75) is 6.18 Å². The Labute approximate surface area is 203 Å². The van der Waals surface area contributed by atoms with Crippen molar-refractivity contribution in [3.8, 4) is 5.88 Å². The minimum Gasteiger partial charge on any atom is -0.389 e. The second-order valence-corrected chi connectivity index (χ2v) is 7.95. The van der Waals surface area contributed by atoms with Crippen molar-refractivity contribution in [1.82, 2.24) is 15.1 Å². The SMILES string of the molecule is O=C(Nc1ccccc1Cl)Oc1ccc(N2CCN(C(=O)c3ccccc3C(F)(F)F)CC2)nn1. The molecule has 8 nitrogen and oxygen atoms in total. The zero-order chi connectivity index (χ0) is 25.0. The first-order valence-corrected chi connectivity index (χ1v) is 10.9. The van der Waals surface area contributed by atoms with Crippen LogP contribution in [0.15, 0.2) is 60.7 Å². The molecule has 1 saturated heterocycles. The molecule has 0 bridgehead atoms. The first kappa shape index (κ1) is 24.3. The molecule has 1 aliphatic rings. The number of ether oxygens (including phenoxy) is 1. The second-order valence-electron chi connectivity index (χ2n) is 7.55. The molecule has 0 radical (unpaired) electrons. The number of rotatable bonds is 4. The number of aromatic nitrogens is 2. The van der Waals surface area contributed by atoms with Crippen LogP contribution in [0, 0.1) is 0 Å². The Hall–Kier alpha value is -3.86. The lowest BCUT2D eigenvalue weighted by atomic mass is 10.1. The number of amides is 2. The topological polar surface area (TPSA) is 87.7 Å². The summed E-state index contributed by atoms with van der Waals surface area (Å²) in [5, 5.41) is 10.8. The summed E-state index contributed by atoms with van der Waals surface area (Å²) in [6.45, 7) is 1.12. The molecule has 1 fully saturated rings. The van der Waals surface area contributed by atoms with Crippen LogP contribution >= 0.6 is 11.6 Å². The molecule has 1 aliphatic heterocycles. The normalized spacial score (nSPS) is 13.9. The lowest BCUT2D eigenvalue weighted by Gasteiger charge is -2.35. The lowest BCUT2D eigenvalue weighted by Crippen LogP contribution is -2.49. The zero-order valence-electron chi connectivity index (χ0n) is 18.1. The zero-order valence-corrected chi connectivity index (χ0v) is 18.9. The molecular weight excluding hydrogens is 487 g/mol. The van der Waals surface area contributed by atoms with Crippen molar-refractivity contribution >= 4 is 35.1 Å². The van der Waals surface area contributed by atoms with Crippen molar-refractivity contribution in [1.29, 1.82) is 0 Å². The fraction of sp³-hybridized carbons (Fsp3) is 0.217. The number of carbonyl (C=O) groups excluding carboxylic acids is 2. The smallest absolute Gasteiger partial charge is 0.389 e. The van der Waals surface area contributed by atoms with Gasteiger partial charge in [-0.1, -0.05) is 35.9 Å². The second kappa shape index (κ2) is 10.2. The molecule has 2 aromatic carbocycles. The number of hydrogen-bond acceptors (Lipinski definition) is 6. The van der Waals surface area contributed by atoms with E-state index in [9.17, 15) is 22.8 Å². The Morgan fingerprint density at radius 1 is 0.914 bits per heavy atom. The number of para-hydroxylation sites is 1. The van der Waals surface area contributed by atoms with Crippen LogP contribution in [0.3, 0.4) is 0 Å². The number of carbonyl (C=O) groups is 2. The highest BCUT2D eigenvalue weighted by Gasteiger charge is 2.36. The molecule has 1 N–H and O–H groups in total. The number of benzene rings is 2. The highest BCUT2D eigenvalue weighted by molar-refractivity contribution is 6.33. The standard InChI is InChI=1S/C23H19ClF3N5O3/c24-17-7-3-4-8-18(17)28-22(34)35-20-10-9-19(29-30-20)31-11-13-32(14-12-31)21(33)15-5-1-2-6-16(15)23(25,26)27/h1-10H,11-14H2,(H,28,34). The van der Waals surface area contributed by atoms with Gasteiger partial charge in [-0.25, -0.2) is 4.79 Å². The van der Waals surface area contributed by atoms with E-state index in [4.69, 9.17) is 16.3 Å². The summed E-state index contributed by atoms with van der Waals surface area (Å²) in [4.78, 5) is 28.0. The van der Waals surface area contributed by atoms with E-state index in [0.29, 0.717) is 29.6 Å². The van der Waals surface area contributed by atoms with Gasteiger partial charge in [0.1, 0.15) is 0 Å². The number of alkyl halides is 3. The molecule has 2 amide bonds. The molecule has 182 valence electrons. The third-order valence-electron chi connectivity index (χ3n) is 5.29. The van der Waals surface area contributed by atoms with Gasteiger partial charge >= 0.3 is 12.3 Å². The van der Waals surface area contributed by atoms with Gasteiger partial charge in [0.25, 0.3) is 5.91 Å². The minimum absolute atomic E-state index is 0.0316. The molecule has 0 aliphatic carbocycles. The van der Waals surface area contributed by atoms with Crippen molar-refractivity contribution in [2.75, 3.05) is 36.4 Å². The molecule has 35 heavy (non-hydrogen) atoms. The Morgan fingerprint density at radius 3 is 2.26 bits per heavy atom. The summed E-state index contributed by atoms with van der Waals surface area (Å²) in [5.41, 5.74) is -0.939. The molecule has 0 atom stereocenters. The third kappa shape index (κ3) is 5.80. The van der Waals surface area contributed by atoms with E-state index in [1.54, 1.807) is 30.3 Å². The Bertz CT molecular complexity index is 1220. The van der Waals surface area contributed by atoms with Gasteiger partial charge in [0.2, 0.25) is 5.88 Å². The molecule has 3 aromatic rings. The molecule has 4 rings (SSSR count). The van der Waals surface area contributed by atoms with Gasteiger partial charge in [0.15, 0.2) is 5.82 Å². The highest BCUT2D eigenvalue weighted by atomic mass is 35.5. The molecule has 1 aromatic heterocycles. The number of piperazine rings is 1. The predicted molar refractivity (Wildman–Crippen MR) is 123 cm³/mol. The number of halogens is 4. The number of nitrogens with one attached hydrogen (secondary N) is 1. The van der Waals surface area contributed by atoms with E-state index in [2.05, 4.69) is 15.5 Å². The number of hydrogen-bond donors (Lipinski definition) is 1. The van der Waals surface area contributed by atoms with Gasteiger partial charge in [0.05, 0.1) is 21.8 Å². The van der Waals surface area contributed by atoms with Crippen molar-refractivity contribution in [3.63, 3.8) is 0 Å². The summed E-state index contributed by atoms with van der Waals surface area (Å²) in [7, 11) is 0. The van der Waals surface area contributed by atoms with E-state index >= 15 is 0 Å². The van der Waals surface area contributed by atoms with Crippen LogP contribution in [-0.2, 0) is 6.18 Å². The summed E-state index contributed by atoms with van der Waals surface area (Å²) in [6.07, 6.45) is -5.40. The Morgan fingerprint density at radius 2 is 1.60 bits per heavy atom. The van der Waals surface area contributed by atoms with Gasteiger partial charge in [-0.05, 0) is 30.3 Å². The highest BCUT2D eigenvalue weighted by Crippen LogP contribution is 2.32. The molecular formula is C23H19ClF3N5O3. The summed E-state index contributed by atoms with van der Waals surface area (Å²) in [6, 6.07) is 14.5. The minimum atomic E-state index is -4.61. The van der Waals surface area contributed by atoms with Crippen LogP contribution < -0.4 is 15.0 Å². The molecule has 0 spiro atoms. The third-order valence-corrected chi connectivity index (χ3v) is 5.62. The van der Waals surface area contributed by atoms with Gasteiger partial charge in [-0.3, -0.25) is 10.1 Å². The summed E-state index contributed by atoms with van der Waals surface area (Å²) in [5.74, 6) is -0.223. The van der Waals surface area contributed by atoms with Gasteiger partial charge in [0, 0.05) is 32.2 Å². The Balaban J connectivity index is 1.33. The van der Waals surface area contributed by atoms with E-state index in [0.717, 1.165) is 6.07 Å². The van der Waals surface area contributed by atoms with Crippen molar-refractivity contribution < 1.29 is 27.5 Å². The fourth-order valence-electron chi connectivity index (χ4n) is 3.55. The van der Waals surface area contributed by atoms with E-state index in [1.165, 1.54) is 29.2 Å². The maximum atomic E-state index is 13.3. The monoisotopic (exact) mass is 505 g/mol. The average Bonchev–Trinajstić information content (AvgIpc) is 2.85. The van der Waals surface area contributed by atoms with E-state index in [1.807, 2.05) is 4.90 Å². The number of anilines is 2. The first-order valence-electron chi connectivity index (χ1n) is 10.5. The molecule has 2 heterocycles. The van der Waals surface area contributed by atoms with Crippen LogP contribution in [0.1, 0.15) is 15.9 Å². The van der Waals surface area contributed by atoms with Crippen LogP contribution in [0.4, 0.5) is 29.5 Å². The molecule has 12 heteroatoms. The quantitative estimate of drug-likeness (QED) is 0.552. The van der Waals surface area contributed by atoms with Gasteiger partial charge < -0.3 is 14.5 Å². The molecule has 0 saturated carbocycles. The maximum absolute atomic E-state index is 13.3. The van der Waals surface area contributed by atoms with Gasteiger partial charge in [-0.15, -0.1) is 10.2 Å². The first-order chi connectivity index (χ1) is 16.7. The summed E-state index contributed by atoms with van der Waals surface area (Å²) < 4.78 is 44.9. The van der Waals surface area contributed by atoms with E-state index in [-0.39, 0.29) is 24.5 Å². The van der Waals surface area contributed by atoms with Crippen LogP contribution in [-0.4, -0.2) is 53.3 Å². The van der Waals surface area contributed by atoms with Crippen LogP contribution in [0.25, 0.3) is 0 Å². The lowest BCUT2D eigenvalue weighted by molar-refractivity contribution is -0.138. The summed E-state index contributed by atoms with van der Waals surface area (Å²) >= 11 is 5.99. The predicted octanol–water partition coefficient (Wildman–Crippen LogP) is 4.72. The molecule has 0 unspecified atom stereocenters.